The van der Waals surface area contributed by atoms with Crippen LogP contribution in [0.2, 0.25) is 0 Å². The van der Waals surface area contributed by atoms with Crippen LogP contribution >= 0.6 is 0 Å². The summed E-state index contributed by atoms with van der Waals surface area (Å²) in [4.78, 5) is 15.0. The molecule has 0 aliphatic carbocycles. The number of hydrogen-bond acceptors (Lipinski definition) is 3. The molecule has 1 amide bonds. The van der Waals surface area contributed by atoms with E-state index in [2.05, 4.69) is 23.3 Å². The summed E-state index contributed by atoms with van der Waals surface area (Å²) in [5.41, 5.74) is 4.39. The highest BCUT2D eigenvalue weighted by molar-refractivity contribution is 5.96. The van der Waals surface area contributed by atoms with Crippen LogP contribution < -0.4 is 4.90 Å². The molecule has 1 fully saturated rings. The Morgan fingerprint density at radius 1 is 1.25 bits per heavy atom. The van der Waals surface area contributed by atoms with Crippen LogP contribution in [0.15, 0.2) is 30.3 Å². The van der Waals surface area contributed by atoms with Crippen LogP contribution in [0, 0.1) is 13.8 Å². The van der Waals surface area contributed by atoms with Gasteiger partial charge in [-0.15, -0.1) is 0 Å². The van der Waals surface area contributed by atoms with Crippen molar-refractivity contribution in [2.45, 2.75) is 38.6 Å². The van der Waals surface area contributed by atoms with Gasteiger partial charge in [-0.2, -0.15) is 5.10 Å². The topological polar surface area (TPSA) is 47.4 Å². The van der Waals surface area contributed by atoms with Crippen LogP contribution in [-0.2, 0) is 21.5 Å². The Morgan fingerprint density at radius 2 is 2.00 bits per heavy atom. The predicted molar refractivity (Wildman–Crippen MR) is 92.2 cm³/mol. The van der Waals surface area contributed by atoms with Crippen molar-refractivity contribution in [3.8, 4) is 0 Å². The number of benzene rings is 1. The first-order valence-corrected chi connectivity index (χ1v) is 8.58. The largest absolute Gasteiger partial charge is 0.381 e. The molecule has 0 radical (unpaired) electrons. The molecule has 1 saturated heterocycles. The van der Waals surface area contributed by atoms with Crippen LogP contribution in [0.4, 0.5) is 5.69 Å². The monoisotopic (exact) mass is 325 g/mol. The summed E-state index contributed by atoms with van der Waals surface area (Å²) in [6.45, 7) is 6.54. The molecule has 2 aliphatic heterocycles. The molecule has 0 atom stereocenters. The molecular formula is C19H23N3O2. The summed E-state index contributed by atoms with van der Waals surface area (Å²) < 4.78 is 7.36. The lowest BCUT2D eigenvalue weighted by molar-refractivity contribution is -0.119. The summed E-state index contributed by atoms with van der Waals surface area (Å²) in [5, 5.41) is 4.43. The maximum atomic E-state index is 13.0. The summed E-state index contributed by atoms with van der Waals surface area (Å²) >= 11 is 0. The molecule has 5 heteroatoms. The fourth-order valence-electron chi connectivity index (χ4n) is 4.09. The van der Waals surface area contributed by atoms with Gasteiger partial charge in [-0.3, -0.25) is 9.48 Å². The molecule has 2 aliphatic rings. The Labute approximate surface area is 142 Å². The van der Waals surface area contributed by atoms with E-state index in [1.54, 1.807) is 4.68 Å². The van der Waals surface area contributed by atoms with Gasteiger partial charge in [-0.25, -0.2) is 0 Å². The van der Waals surface area contributed by atoms with Gasteiger partial charge in [0.15, 0.2) is 0 Å². The van der Waals surface area contributed by atoms with Crippen LogP contribution in [0.1, 0.15) is 29.8 Å². The number of para-hydroxylation sites is 1. The SMILES string of the molecule is Cc1cc(C)n(CC(=O)N2CC3(CCOCC3)c3ccccc32)n1. The third-order valence-electron chi connectivity index (χ3n) is 5.37. The molecular weight excluding hydrogens is 302 g/mol. The quantitative estimate of drug-likeness (QED) is 0.853. The van der Waals surface area contributed by atoms with Crippen molar-refractivity contribution in [2.75, 3.05) is 24.7 Å². The molecule has 126 valence electrons. The number of amides is 1. The van der Waals surface area contributed by atoms with E-state index in [0.29, 0.717) is 6.54 Å². The van der Waals surface area contributed by atoms with Gasteiger partial charge in [0, 0.05) is 36.6 Å². The van der Waals surface area contributed by atoms with E-state index in [1.807, 2.05) is 30.9 Å². The number of rotatable bonds is 2. The molecule has 1 spiro atoms. The lowest BCUT2D eigenvalue weighted by Crippen LogP contribution is -2.41. The van der Waals surface area contributed by atoms with Crippen molar-refractivity contribution in [1.29, 1.82) is 0 Å². The second-order valence-electron chi connectivity index (χ2n) is 6.97. The van der Waals surface area contributed by atoms with Gasteiger partial charge in [-0.1, -0.05) is 18.2 Å². The fraction of sp³-hybridized carbons (Fsp3) is 0.474. The van der Waals surface area contributed by atoms with E-state index in [9.17, 15) is 4.79 Å². The first-order chi connectivity index (χ1) is 11.6. The zero-order valence-corrected chi connectivity index (χ0v) is 14.3. The van der Waals surface area contributed by atoms with Gasteiger partial charge < -0.3 is 9.64 Å². The average Bonchev–Trinajstić information content (AvgIpc) is 3.06. The molecule has 3 heterocycles. The number of fused-ring (bicyclic) bond motifs is 2. The number of anilines is 1. The first-order valence-electron chi connectivity index (χ1n) is 8.58. The van der Waals surface area contributed by atoms with E-state index in [1.165, 1.54) is 5.56 Å². The highest BCUT2D eigenvalue weighted by Crippen LogP contribution is 2.46. The summed E-state index contributed by atoms with van der Waals surface area (Å²) in [6.07, 6.45) is 1.96. The maximum Gasteiger partial charge on any atom is 0.248 e. The molecule has 0 bridgehead atoms. The Kier molecular flexibility index (Phi) is 3.68. The Bertz CT molecular complexity index is 775. The lowest BCUT2D eigenvalue weighted by atomic mass is 9.76. The van der Waals surface area contributed by atoms with E-state index in [0.717, 1.165) is 49.7 Å². The normalized spacial score (nSPS) is 18.8. The van der Waals surface area contributed by atoms with Gasteiger partial charge in [0.25, 0.3) is 0 Å². The number of hydrogen-bond donors (Lipinski definition) is 0. The number of nitrogens with zero attached hydrogens (tertiary/aromatic N) is 3. The number of aromatic nitrogens is 2. The standard InChI is InChI=1S/C19H23N3O2/c1-14-11-15(2)22(20-14)12-18(23)21-13-19(7-9-24-10-8-19)16-5-3-4-6-17(16)21/h3-6,11H,7-10,12-13H2,1-2H3. The Morgan fingerprint density at radius 3 is 2.71 bits per heavy atom. The molecule has 0 N–H and O–H groups in total. The summed E-state index contributed by atoms with van der Waals surface area (Å²) in [5.74, 6) is 0.108. The molecule has 2 aromatic rings. The highest BCUT2D eigenvalue weighted by atomic mass is 16.5. The van der Waals surface area contributed by atoms with Crippen molar-refractivity contribution < 1.29 is 9.53 Å². The molecule has 0 unspecified atom stereocenters. The predicted octanol–water partition coefficient (Wildman–Crippen LogP) is 2.59. The summed E-state index contributed by atoms with van der Waals surface area (Å²) in [6, 6.07) is 10.3. The van der Waals surface area contributed by atoms with Crippen LogP contribution in [0.25, 0.3) is 0 Å². The minimum absolute atomic E-state index is 0.0551. The van der Waals surface area contributed by atoms with Crippen molar-refractivity contribution >= 4 is 11.6 Å². The number of aryl methyl sites for hydroxylation is 2. The highest BCUT2D eigenvalue weighted by Gasteiger charge is 2.45. The fourth-order valence-corrected chi connectivity index (χ4v) is 4.09. The van der Waals surface area contributed by atoms with Crippen LogP contribution in [0.5, 0.6) is 0 Å². The van der Waals surface area contributed by atoms with Crippen molar-refractivity contribution in [1.82, 2.24) is 9.78 Å². The third kappa shape index (κ3) is 2.44. The van der Waals surface area contributed by atoms with E-state index >= 15 is 0 Å². The molecule has 0 saturated carbocycles. The smallest absolute Gasteiger partial charge is 0.248 e. The number of carbonyl (C=O) groups is 1. The number of carbonyl (C=O) groups excluding carboxylic acids is 1. The summed E-state index contributed by atoms with van der Waals surface area (Å²) in [7, 11) is 0. The molecule has 1 aromatic heterocycles. The van der Waals surface area contributed by atoms with Gasteiger partial charge in [-0.05, 0) is 44.4 Å². The Balaban J connectivity index is 1.64. The second-order valence-corrected chi connectivity index (χ2v) is 6.97. The van der Waals surface area contributed by atoms with Gasteiger partial charge >= 0.3 is 0 Å². The van der Waals surface area contributed by atoms with E-state index in [-0.39, 0.29) is 11.3 Å². The molecule has 1 aromatic carbocycles. The minimum Gasteiger partial charge on any atom is -0.381 e. The molecule has 5 nitrogen and oxygen atoms in total. The first kappa shape index (κ1) is 15.4. The lowest BCUT2D eigenvalue weighted by Gasteiger charge is -2.34. The zero-order valence-electron chi connectivity index (χ0n) is 14.3. The van der Waals surface area contributed by atoms with Gasteiger partial charge in [0.05, 0.1) is 5.69 Å². The minimum atomic E-state index is 0.0551. The van der Waals surface area contributed by atoms with Gasteiger partial charge in [0.2, 0.25) is 5.91 Å². The average molecular weight is 325 g/mol. The Hall–Kier alpha value is -2.14. The van der Waals surface area contributed by atoms with Crippen LogP contribution in [0.3, 0.4) is 0 Å². The van der Waals surface area contributed by atoms with Crippen molar-refractivity contribution in [2.24, 2.45) is 0 Å². The van der Waals surface area contributed by atoms with E-state index in [4.69, 9.17) is 4.74 Å². The molecule has 24 heavy (non-hydrogen) atoms. The molecule has 4 rings (SSSR count). The third-order valence-corrected chi connectivity index (χ3v) is 5.37. The zero-order chi connectivity index (χ0) is 16.7. The van der Waals surface area contributed by atoms with Crippen molar-refractivity contribution in [3.63, 3.8) is 0 Å². The van der Waals surface area contributed by atoms with Crippen molar-refractivity contribution in [3.05, 3.63) is 47.3 Å². The van der Waals surface area contributed by atoms with Gasteiger partial charge in [0.1, 0.15) is 6.54 Å². The maximum absolute atomic E-state index is 13.0. The van der Waals surface area contributed by atoms with Crippen LogP contribution in [-0.4, -0.2) is 35.4 Å². The van der Waals surface area contributed by atoms with E-state index < -0.39 is 0 Å². The number of ether oxygens (including phenoxy) is 1. The second kappa shape index (κ2) is 5.74.